The summed E-state index contributed by atoms with van der Waals surface area (Å²) in [6.07, 6.45) is -0.533. The van der Waals surface area contributed by atoms with Crippen LogP contribution in [-0.4, -0.2) is 54.7 Å². The Bertz CT molecular complexity index is 1040. The zero-order valence-corrected chi connectivity index (χ0v) is 18.2. The average Bonchev–Trinajstić information content (AvgIpc) is 3.32. The van der Waals surface area contributed by atoms with Crippen LogP contribution in [0.3, 0.4) is 0 Å². The Balaban J connectivity index is 1.80. The number of aryl methyl sites for hydroxylation is 1. The molecule has 7 nitrogen and oxygen atoms in total. The van der Waals surface area contributed by atoms with Crippen LogP contribution in [0.5, 0.6) is 5.75 Å². The lowest BCUT2D eigenvalue weighted by Gasteiger charge is -2.29. The number of hydrogen-bond acceptors (Lipinski definition) is 5. The van der Waals surface area contributed by atoms with Gasteiger partial charge < -0.3 is 19.1 Å². The van der Waals surface area contributed by atoms with Gasteiger partial charge in [-0.2, -0.15) is 5.10 Å². The summed E-state index contributed by atoms with van der Waals surface area (Å²) in [6.45, 7) is 4.88. The van der Waals surface area contributed by atoms with Crippen molar-refractivity contribution in [3.05, 3.63) is 70.9 Å². The van der Waals surface area contributed by atoms with Crippen molar-refractivity contribution < 1.29 is 19.0 Å². The molecule has 0 saturated heterocycles. The van der Waals surface area contributed by atoms with Crippen LogP contribution in [-0.2, 0) is 9.47 Å². The average molecular weight is 421 g/mol. The smallest absolute Gasteiger partial charge is 0.273 e. The molecular formula is C24H27N3O4. The van der Waals surface area contributed by atoms with Crippen LogP contribution >= 0.6 is 0 Å². The molecule has 1 amide bonds. The van der Waals surface area contributed by atoms with Gasteiger partial charge in [0, 0.05) is 25.3 Å². The number of carbonyl (C=O) groups excluding carboxylic acids is 1. The molecule has 1 N–H and O–H groups in total. The Morgan fingerprint density at radius 2 is 1.74 bits per heavy atom. The number of nitrogens with one attached hydrogen (secondary N) is 1. The van der Waals surface area contributed by atoms with E-state index in [0.717, 1.165) is 28.1 Å². The van der Waals surface area contributed by atoms with E-state index in [-0.39, 0.29) is 11.9 Å². The lowest BCUT2D eigenvalue weighted by Crippen LogP contribution is -2.38. The number of ether oxygens (including phenoxy) is 3. The summed E-state index contributed by atoms with van der Waals surface area (Å²) in [5.74, 6) is 0.666. The van der Waals surface area contributed by atoms with E-state index in [1.165, 1.54) is 5.56 Å². The maximum absolute atomic E-state index is 13.3. The van der Waals surface area contributed by atoms with E-state index in [1.807, 2.05) is 62.4 Å². The molecule has 0 fully saturated rings. The van der Waals surface area contributed by atoms with Crippen molar-refractivity contribution >= 4 is 5.91 Å². The molecule has 2 heterocycles. The third kappa shape index (κ3) is 3.94. The minimum Gasteiger partial charge on any atom is -0.494 e. The molecule has 1 aliphatic heterocycles. The number of methoxy groups -OCH3 is 2. The number of benzene rings is 2. The van der Waals surface area contributed by atoms with Gasteiger partial charge >= 0.3 is 0 Å². The predicted octanol–water partition coefficient (Wildman–Crippen LogP) is 3.95. The molecule has 1 aromatic heterocycles. The van der Waals surface area contributed by atoms with Crippen LogP contribution in [0.1, 0.15) is 40.1 Å². The Kier molecular flexibility index (Phi) is 6.06. The molecule has 162 valence electrons. The van der Waals surface area contributed by atoms with Gasteiger partial charge in [0.2, 0.25) is 0 Å². The van der Waals surface area contributed by atoms with Crippen LogP contribution in [0.15, 0.2) is 48.5 Å². The zero-order chi connectivity index (χ0) is 22.0. The van der Waals surface area contributed by atoms with E-state index in [9.17, 15) is 4.79 Å². The SMILES string of the molecule is CCOc1ccc(C2c3c(-c4ccc(C)cc4)n[nH]c3C(=O)N2CC(OC)OC)cc1. The highest BCUT2D eigenvalue weighted by Crippen LogP contribution is 2.43. The van der Waals surface area contributed by atoms with Crippen molar-refractivity contribution in [3.8, 4) is 17.0 Å². The number of carbonyl (C=O) groups is 1. The van der Waals surface area contributed by atoms with Crippen LogP contribution in [0.4, 0.5) is 0 Å². The van der Waals surface area contributed by atoms with Gasteiger partial charge in [0.25, 0.3) is 5.91 Å². The molecule has 0 spiro atoms. The Morgan fingerprint density at radius 3 is 2.35 bits per heavy atom. The van der Waals surface area contributed by atoms with Gasteiger partial charge in [0.05, 0.1) is 24.9 Å². The number of aromatic nitrogens is 2. The van der Waals surface area contributed by atoms with Gasteiger partial charge in [0.1, 0.15) is 11.4 Å². The number of nitrogens with zero attached hydrogens (tertiary/aromatic N) is 2. The standard InChI is InChI=1S/C24H27N3O4/c1-5-31-18-12-10-17(11-13-18)23-20-21(16-8-6-15(2)7-9-16)25-26-22(20)24(28)27(23)14-19(29-3)30-4/h6-13,19,23H,5,14H2,1-4H3,(H,25,26). The summed E-state index contributed by atoms with van der Waals surface area (Å²) in [4.78, 5) is 15.1. The van der Waals surface area contributed by atoms with Crippen LogP contribution in [0.25, 0.3) is 11.3 Å². The van der Waals surface area contributed by atoms with Crippen molar-refractivity contribution in [1.82, 2.24) is 15.1 Å². The topological polar surface area (TPSA) is 76.7 Å². The fourth-order valence-corrected chi connectivity index (χ4v) is 3.98. The number of fused-ring (bicyclic) bond motifs is 1. The second-order valence-corrected chi connectivity index (χ2v) is 7.49. The first-order valence-electron chi connectivity index (χ1n) is 10.3. The molecule has 1 aliphatic rings. The number of rotatable bonds is 8. The highest BCUT2D eigenvalue weighted by molar-refractivity contribution is 6.00. The summed E-state index contributed by atoms with van der Waals surface area (Å²) in [6, 6.07) is 15.7. The van der Waals surface area contributed by atoms with Crippen molar-refractivity contribution in [3.63, 3.8) is 0 Å². The lowest BCUT2D eigenvalue weighted by molar-refractivity contribution is -0.113. The molecule has 0 radical (unpaired) electrons. The van der Waals surface area contributed by atoms with Crippen molar-refractivity contribution in [2.45, 2.75) is 26.2 Å². The van der Waals surface area contributed by atoms with Crippen molar-refractivity contribution in [2.75, 3.05) is 27.4 Å². The molecule has 0 saturated carbocycles. The maximum atomic E-state index is 13.3. The van der Waals surface area contributed by atoms with E-state index in [0.29, 0.717) is 18.8 Å². The minimum absolute atomic E-state index is 0.126. The minimum atomic E-state index is -0.533. The van der Waals surface area contributed by atoms with Crippen molar-refractivity contribution in [1.29, 1.82) is 0 Å². The quantitative estimate of drug-likeness (QED) is 0.558. The normalized spacial score (nSPS) is 15.6. The van der Waals surface area contributed by atoms with Crippen molar-refractivity contribution in [2.24, 2.45) is 0 Å². The number of hydrogen-bond donors (Lipinski definition) is 1. The monoisotopic (exact) mass is 421 g/mol. The van der Waals surface area contributed by atoms with Crippen LogP contribution in [0, 0.1) is 6.92 Å². The fraction of sp³-hybridized carbons (Fsp3) is 0.333. The molecule has 1 atom stereocenters. The summed E-state index contributed by atoms with van der Waals surface area (Å²) in [5.41, 5.74) is 5.24. The molecule has 2 aromatic carbocycles. The second-order valence-electron chi connectivity index (χ2n) is 7.49. The van der Waals surface area contributed by atoms with Gasteiger partial charge in [-0.3, -0.25) is 9.89 Å². The van der Waals surface area contributed by atoms with Crippen LogP contribution in [0.2, 0.25) is 0 Å². The highest BCUT2D eigenvalue weighted by atomic mass is 16.7. The Morgan fingerprint density at radius 1 is 1.06 bits per heavy atom. The van der Waals surface area contributed by atoms with E-state index in [1.54, 1.807) is 19.1 Å². The number of H-pyrrole nitrogens is 1. The third-order valence-electron chi connectivity index (χ3n) is 5.57. The molecule has 1 unspecified atom stereocenters. The number of amides is 1. The molecule has 3 aromatic rings. The summed E-state index contributed by atoms with van der Waals surface area (Å²) < 4.78 is 16.4. The Hall–Kier alpha value is -3.16. The molecule has 7 heteroatoms. The molecule has 0 aliphatic carbocycles. The third-order valence-corrected chi connectivity index (χ3v) is 5.57. The zero-order valence-electron chi connectivity index (χ0n) is 18.2. The van der Waals surface area contributed by atoms with Gasteiger partial charge in [-0.05, 0) is 31.5 Å². The molecule has 4 rings (SSSR count). The molecular weight excluding hydrogens is 394 g/mol. The highest BCUT2D eigenvalue weighted by Gasteiger charge is 2.43. The first-order valence-corrected chi connectivity index (χ1v) is 10.3. The van der Waals surface area contributed by atoms with E-state index >= 15 is 0 Å². The summed E-state index contributed by atoms with van der Waals surface area (Å²) >= 11 is 0. The second kappa shape index (κ2) is 8.91. The van der Waals surface area contributed by atoms with Gasteiger partial charge in [-0.1, -0.05) is 42.0 Å². The Labute approximate surface area is 181 Å². The first kappa shape index (κ1) is 21.1. The van der Waals surface area contributed by atoms with E-state index < -0.39 is 6.29 Å². The maximum Gasteiger partial charge on any atom is 0.273 e. The fourth-order valence-electron chi connectivity index (χ4n) is 3.98. The largest absolute Gasteiger partial charge is 0.494 e. The molecule has 31 heavy (non-hydrogen) atoms. The number of aromatic amines is 1. The lowest BCUT2D eigenvalue weighted by atomic mass is 9.95. The summed E-state index contributed by atoms with van der Waals surface area (Å²) in [5, 5.41) is 7.48. The summed E-state index contributed by atoms with van der Waals surface area (Å²) in [7, 11) is 3.14. The first-order chi connectivity index (χ1) is 15.1. The van der Waals surface area contributed by atoms with E-state index in [2.05, 4.69) is 10.2 Å². The van der Waals surface area contributed by atoms with E-state index in [4.69, 9.17) is 14.2 Å². The van der Waals surface area contributed by atoms with Gasteiger partial charge in [-0.25, -0.2) is 0 Å². The predicted molar refractivity (Wildman–Crippen MR) is 117 cm³/mol. The van der Waals surface area contributed by atoms with Crippen LogP contribution < -0.4 is 4.74 Å². The molecule has 0 bridgehead atoms. The van der Waals surface area contributed by atoms with Gasteiger partial charge in [0.15, 0.2) is 6.29 Å². The van der Waals surface area contributed by atoms with Gasteiger partial charge in [-0.15, -0.1) is 0 Å².